The number of ether oxygens (including phenoxy) is 1. The number of aromatic amines is 1. The highest BCUT2D eigenvalue weighted by molar-refractivity contribution is 5.21. The Hall–Kier alpha value is -0.870. The van der Waals surface area contributed by atoms with E-state index in [1.807, 2.05) is 0 Å². The molecule has 0 amide bonds. The predicted molar refractivity (Wildman–Crippen MR) is 63.2 cm³/mol. The average Bonchev–Trinajstić information content (AvgIpc) is 2.71. The zero-order valence-corrected chi connectivity index (χ0v) is 10.3. The molecule has 90 valence electrons. The fourth-order valence-electron chi connectivity index (χ4n) is 2.17. The topological polar surface area (TPSA) is 63.9 Å². The van der Waals surface area contributed by atoms with Crippen LogP contribution in [0.3, 0.4) is 0 Å². The molecule has 0 aliphatic heterocycles. The highest BCUT2D eigenvalue weighted by Gasteiger charge is 2.30. The van der Waals surface area contributed by atoms with Crippen molar-refractivity contribution in [3.63, 3.8) is 0 Å². The van der Waals surface area contributed by atoms with Gasteiger partial charge >= 0.3 is 0 Å². The predicted octanol–water partition coefficient (Wildman–Crippen LogP) is 1.50. The van der Waals surface area contributed by atoms with E-state index in [-0.39, 0.29) is 11.6 Å². The van der Waals surface area contributed by atoms with Crippen LogP contribution in [0.15, 0.2) is 0 Å². The van der Waals surface area contributed by atoms with E-state index in [9.17, 15) is 0 Å². The number of H-pyrrole nitrogens is 1. The van der Waals surface area contributed by atoms with Gasteiger partial charge in [0.05, 0.1) is 5.69 Å². The van der Waals surface area contributed by atoms with Crippen LogP contribution in [0.1, 0.15) is 43.9 Å². The maximum absolute atomic E-state index is 5.95. The Kier molecular flexibility index (Phi) is 3.04. The van der Waals surface area contributed by atoms with Gasteiger partial charge in [0.15, 0.2) is 0 Å². The van der Waals surface area contributed by atoms with Crippen LogP contribution in [0.2, 0.25) is 0 Å². The van der Waals surface area contributed by atoms with Gasteiger partial charge in [-0.25, -0.2) is 4.98 Å². The summed E-state index contributed by atoms with van der Waals surface area (Å²) >= 11 is 0. The summed E-state index contributed by atoms with van der Waals surface area (Å²) < 4.78 is 5.55. The van der Waals surface area contributed by atoms with E-state index in [0.29, 0.717) is 0 Å². The number of nitrogens with zero attached hydrogens (tertiary/aromatic N) is 1. The molecule has 0 spiro atoms. The number of hydrogen-bond acceptors (Lipinski definition) is 3. The molecule has 1 heterocycles. The number of rotatable bonds is 3. The van der Waals surface area contributed by atoms with E-state index >= 15 is 0 Å². The minimum absolute atomic E-state index is 0.274. The number of imidazole rings is 1. The van der Waals surface area contributed by atoms with Gasteiger partial charge in [0.25, 0.3) is 0 Å². The lowest BCUT2D eigenvalue weighted by Gasteiger charge is -2.23. The van der Waals surface area contributed by atoms with Gasteiger partial charge in [-0.15, -0.1) is 0 Å². The summed E-state index contributed by atoms with van der Waals surface area (Å²) in [6.45, 7) is 4.17. The molecule has 2 rings (SSSR count). The van der Waals surface area contributed by atoms with E-state index in [1.54, 1.807) is 7.11 Å². The molecule has 0 saturated carbocycles. The fraction of sp³-hybridized carbons (Fsp3) is 0.750. The molecule has 0 radical (unpaired) electrons. The van der Waals surface area contributed by atoms with E-state index in [4.69, 9.17) is 10.5 Å². The molecule has 1 aliphatic carbocycles. The molecule has 0 fully saturated rings. The number of nitrogens with two attached hydrogens (primary N) is 1. The first-order valence-electron chi connectivity index (χ1n) is 5.98. The van der Waals surface area contributed by atoms with Crippen LogP contribution in [0.25, 0.3) is 0 Å². The number of hydrogen-bond donors (Lipinski definition) is 2. The number of nitrogens with one attached hydrogen (secondary N) is 1. The summed E-state index contributed by atoms with van der Waals surface area (Å²) in [5.74, 6) is 0.941. The van der Waals surface area contributed by atoms with Gasteiger partial charge in [0.1, 0.15) is 11.4 Å². The number of fused-ring (bicyclic) bond motifs is 1. The zero-order valence-electron chi connectivity index (χ0n) is 10.3. The Morgan fingerprint density at radius 2 is 2.38 bits per heavy atom. The third-order valence-corrected chi connectivity index (χ3v) is 3.71. The Balaban J connectivity index is 2.31. The van der Waals surface area contributed by atoms with Crippen molar-refractivity contribution in [3.8, 4) is 0 Å². The highest BCUT2D eigenvalue weighted by atomic mass is 16.5. The summed E-state index contributed by atoms with van der Waals surface area (Å²) in [5.41, 5.74) is 8.02. The second-order valence-corrected chi connectivity index (χ2v) is 4.80. The lowest BCUT2D eigenvalue weighted by molar-refractivity contribution is -0.00842. The third kappa shape index (κ3) is 1.87. The van der Waals surface area contributed by atoms with Gasteiger partial charge in [-0.3, -0.25) is 0 Å². The van der Waals surface area contributed by atoms with Crippen molar-refractivity contribution in [1.82, 2.24) is 9.97 Å². The van der Waals surface area contributed by atoms with E-state index in [1.165, 1.54) is 11.4 Å². The molecular formula is C12H21N3O. The van der Waals surface area contributed by atoms with Gasteiger partial charge in [-0.2, -0.15) is 0 Å². The molecule has 3 N–H and O–H groups in total. The maximum Gasteiger partial charge on any atom is 0.138 e. The fourth-order valence-corrected chi connectivity index (χ4v) is 2.17. The minimum atomic E-state index is -0.304. The summed E-state index contributed by atoms with van der Waals surface area (Å²) in [6, 6.07) is 0.274. The number of methoxy groups -OCH3 is 1. The van der Waals surface area contributed by atoms with Gasteiger partial charge < -0.3 is 15.5 Å². The van der Waals surface area contributed by atoms with Crippen LogP contribution < -0.4 is 5.73 Å². The number of aromatic nitrogens is 2. The third-order valence-electron chi connectivity index (χ3n) is 3.71. The highest BCUT2D eigenvalue weighted by Crippen LogP contribution is 2.28. The lowest BCUT2D eigenvalue weighted by Crippen LogP contribution is -2.27. The average molecular weight is 223 g/mol. The van der Waals surface area contributed by atoms with E-state index in [2.05, 4.69) is 23.8 Å². The van der Waals surface area contributed by atoms with Crippen LogP contribution in [0.5, 0.6) is 0 Å². The molecule has 1 aromatic rings. The van der Waals surface area contributed by atoms with Crippen molar-refractivity contribution in [3.05, 3.63) is 17.2 Å². The van der Waals surface area contributed by atoms with Gasteiger partial charge in [0, 0.05) is 25.3 Å². The molecule has 0 bridgehead atoms. The van der Waals surface area contributed by atoms with Crippen LogP contribution in [-0.4, -0.2) is 23.1 Å². The molecule has 4 nitrogen and oxygen atoms in total. The summed E-state index contributed by atoms with van der Waals surface area (Å²) in [7, 11) is 1.73. The normalized spacial score (nSPS) is 23.9. The van der Waals surface area contributed by atoms with Crippen LogP contribution in [0.4, 0.5) is 0 Å². The minimum Gasteiger partial charge on any atom is -0.371 e. The van der Waals surface area contributed by atoms with E-state index in [0.717, 1.165) is 31.5 Å². The Morgan fingerprint density at radius 1 is 1.62 bits per heavy atom. The molecule has 16 heavy (non-hydrogen) atoms. The number of aryl methyl sites for hydroxylation is 1. The standard InChI is InChI=1S/C12H21N3O/c1-4-12(2,16-3)11-14-9-6-5-8(13)7-10(9)15-11/h8H,4-7,13H2,1-3H3,(H,14,15). The largest absolute Gasteiger partial charge is 0.371 e. The van der Waals surface area contributed by atoms with Gasteiger partial charge in [-0.05, 0) is 26.2 Å². The molecule has 1 aliphatic rings. The van der Waals surface area contributed by atoms with E-state index < -0.39 is 0 Å². The zero-order chi connectivity index (χ0) is 11.8. The molecule has 2 unspecified atom stereocenters. The smallest absolute Gasteiger partial charge is 0.138 e. The Morgan fingerprint density at radius 3 is 3.00 bits per heavy atom. The summed E-state index contributed by atoms with van der Waals surface area (Å²) in [6.07, 6.45) is 3.83. The van der Waals surface area contributed by atoms with Crippen LogP contribution in [0, 0.1) is 0 Å². The first-order valence-corrected chi connectivity index (χ1v) is 5.98. The lowest BCUT2D eigenvalue weighted by atomic mass is 9.97. The molecule has 0 aromatic carbocycles. The molecule has 1 aromatic heterocycles. The van der Waals surface area contributed by atoms with Gasteiger partial charge in [0.2, 0.25) is 0 Å². The van der Waals surface area contributed by atoms with Crippen LogP contribution >= 0.6 is 0 Å². The van der Waals surface area contributed by atoms with Crippen molar-refractivity contribution >= 4 is 0 Å². The first kappa shape index (κ1) is 11.6. The summed E-state index contributed by atoms with van der Waals surface area (Å²) in [5, 5.41) is 0. The van der Waals surface area contributed by atoms with Crippen molar-refractivity contribution < 1.29 is 4.74 Å². The van der Waals surface area contributed by atoms with Crippen molar-refractivity contribution in [1.29, 1.82) is 0 Å². The second-order valence-electron chi connectivity index (χ2n) is 4.80. The van der Waals surface area contributed by atoms with Gasteiger partial charge in [-0.1, -0.05) is 6.92 Å². The quantitative estimate of drug-likeness (QED) is 0.816. The SMILES string of the molecule is CCC(C)(OC)c1nc2c([nH]1)CC(N)CC2. The molecule has 4 heteroatoms. The van der Waals surface area contributed by atoms with Crippen LogP contribution in [-0.2, 0) is 23.2 Å². The van der Waals surface area contributed by atoms with Crippen molar-refractivity contribution in [2.75, 3.05) is 7.11 Å². The molecular weight excluding hydrogens is 202 g/mol. The second kappa shape index (κ2) is 4.18. The van der Waals surface area contributed by atoms with Crippen molar-refractivity contribution in [2.24, 2.45) is 5.73 Å². The maximum atomic E-state index is 5.95. The Bertz CT molecular complexity index is 368. The Labute approximate surface area is 96.6 Å². The summed E-state index contributed by atoms with van der Waals surface area (Å²) in [4.78, 5) is 8.05. The molecule has 2 atom stereocenters. The first-order chi connectivity index (χ1) is 7.59. The molecule has 0 saturated heterocycles. The van der Waals surface area contributed by atoms with Crippen molar-refractivity contribution in [2.45, 2.75) is 51.2 Å². The monoisotopic (exact) mass is 223 g/mol.